The Morgan fingerprint density at radius 2 is 2.21 bits per heavy atom. The van der Waals surface area contributed by atoms with Gasteiger partial charge in [-0.3, -0.25) is 9.69 Å². The van der Waals surface area contributed by atoms with E-state index >= 15 is 0 Å². The summed E-state index contributed by atoms with van der Waals surface area (Å²) in [4.78, 5) is 14.0. The van der Waals surface area contributed by atoms with E-state index in [1.807, 2.05) is 0 Å². The van der Waals surface area contributed by atoms with Crippen molar-refractivity contribution in [3.05, 3.63) is 0 Å². The van der Waals surface area contributed by atoms with Crippen molar-refractivity contribution in [3.8, 4) is 0 Å². The van der Waals surface area contributed by atoms with Crippen LogP contribution >= 0.6 is 0 Å². The average Bonchev–Trinajstić information content (AvgIpc) is 2.72. The molecule has 1 N–H and O–H groups in total. The normalized spacial score (nSPS) is 29.3. The average molecular weight is 198 g/mol. The number of carbonyl (C=O) groups excluding carboxylic acids is 1. The third kappa shape index (κ3) is 2.53. The van der Waals surface area contributed by atoms with Gasteiger partial charge in [0.05, 0.1) is 13.2 Å². The Morgan fingerprint density at radius 3 is 2.86 bits per heavy atom. The molecule has 0 aliphatic carbocycles. The second kappa shape index (κ2) is 4.87. The monoisotopic (exact) mass is 198 g/mol. The fourth-order valence-electron chi connectivity index (χ4n) is 2.01. The summed E-state index contributed by atoms with van der Waals surface area (Å²) in [6.45, 7) is 6.04. The predicted octanol–water partition coefficient (Wildman–Crippen LogP) is -0.503. The van der Waals surface area contributed by atoms with Gasteiger partial charge in [0, 0.05) is 38.7 Å². The van der Waals surface area contributed by atoms with E-state index in [9.17, 15) is 4.79 Å². The molecule has 1 unspecified atom stereocenters. The molecule has 4 nitrogen and oxygen atoms in total. The lowest BCUT2D eigenvalue weighted by molar-refractivity contribution is -0.124. The van der Waals surface area contributed by atoms with Gasteiger partial charge in [0.2, 0.25) is 0 Å². The lowest BCUT2D eigenvalue weighted by Crippen LogP contribution is -2.46. The Labute approximate surface area is 84.6 Å². The number of hydrogen-bond acceptors (Lipinski definition) is 4. The zero-order valence-electron chi connectivity index (χ0n) is 8.50. The number of rotatable bonds is 3. The molecular weight excluding hydrogens is 180 g/mol. The molecule has 14 heavy (non-hydrogen) atoms. The van der Waals surface area contributed by atoms with Crippen LogP contribution in [-0.4, -0.2) is 56.6 Å². The van der Waals surface area contributed by atoms with Crippen molar-refractivity contribution in [1.29, 1.82) is 0 Å². The van der Waals surface area contributed by atoms with Gasteiger partial charge < -0.3 is 10.1 Å². The molecule has 1 atom stereocenters. The zero-order valence-corrected chi connectivity index (χ0v) is 8.50. The van der Waals surface area contributed by atoms with Gasteiger partial charge >= 0.3 is 0 Å². The number of ether oxygens (including phenoxy) is 1. The summed E-state index contributed by atoms with van der Waals surface area (Å²) in [6, 6.07) is 0. The Morgan fingerprint density at radius 1 is 1.43 bits per heavy atom. The van der Waals surface area contributed by atoms with Crippen molar-refractivity contribution in [2.24, 2.45) is 5.92 Å². The SMILES string of the molecule is O=C(CN1CCNCC1)C1CCOC1. The van der Waals surface area contributed by atoms with Gasteiger partial charge in [-0.05, 0) is 6.42 Å². The van der Waals surface area contributed by atoms with Crippen molar-refractivity contribution >= 4 is 5.78 Å². The van der Waals surface area contributed by atoms with Gasteiger partial charge in [-0.15, -0.1) is 0 Å². The third-order valence-electron chi connectivity index (χ3n) is 2.97. The van der Waals surface area contributed by atoms with Crippen LogP contribution in [0.4, 0.5) is 0 Å². The molecule has 2 aliphatic heterocycles. The van der Waals surface area contributed by atoms with Crippen molar-refractivity contribution in [2.75, 3.05) is 45.9 Å². The van der Waals surface area contributed by atoms with Crippen molar-refractivity contribution in [1.82, 2.24) is 10.2 Å². The molecular formula is C10H18N2O2. The van der Waals surface area contributed by atoms with Crippen molar-refractivity contribution in [3.63, 3.8) is 0 Å². The number of ketones is 1. The Hall–Kier alpha value is -0.450. The van der Waals surface area contributed by atoms with E-state index in [1.54, 1.807) is 0 Å². The second-order valence-electron chi connectivity index (χ2n) is 4.05. The Bertz CT molecular complexity index is 196. The molecule has 2 aliphatic rings. The Kier molecular flexibility index (Phi) is 3.50. The molecule has 0 aromatic heterocycles. The molecule has 2 heterocycles. The first-order valence-corrected chi connectivity index (χ1v) is 5.40. The van der Waals surface area contributed by atoms with E-state index in [4.69, 9.17) is 4.74 Å². The molecule has 0 aromatic rings. The first-order valence-electron chi connectivity index (χ1n) is 5.40. The van der Waals surface area contributed by atoms with Gasteiger partial charge in [0.1, 0.15) is 0 Å². The highest BCUT2D eigenvalue weighted by Crippen LogP contribution is 2.13. The molecule has 4 heteroatoms. The van der Waals surface area contributed by atoms with Crippen LogP contribution in [0.3, 0.4) is 0 Å². The molecule has 0 amide bonds. The molecule has 2 fully saturated rings. The van der Waals surface area contributed by atoms with Crippen LogP contribution < -0.4 is 5.32 Å². The fraction of sp³-hybridized carbons (Fsp3) is 0.900. The van der Waals surface area contributed by atoms with E-state index in [1.165, 1.54) is 0 Å². The fourth-order valence-corrected chi connectivity index (χ4v) is 2.01. The molecule has 2 saturated heterocycles. The molecule has 0 bridgehead atoms. The first kappa shape index (κ1) is 10.1. The molecule has 2 rings (SSSR count). The minimum absolute atomic E-state index is 0.171. The van der Waals surface area contributed by atoms with Crippen LogP contribution in [0.15, 0.2) is 0 Å². The quantitative estimate of drug-likeness (QED) is 0.663. The van der Waals surface area contributed by atoms with Crippen LogP contribution in [0, 0.1) is 5.92 Å². The van der Waals surface area contributed by atoms with Crippen LogP contribution in [0.5, 0.6) is 0 Å². The molecule has 0 aromatic carbocycles. The van der Waals surface area contributed by atoms with Crippen molar-refractivity contribution < 1.29 is 9.53 Å². The standard InChI is InChI=1S/C10H18N2O2/c13-10(9-1-6-14-8-9)7-12-4-2-11-3-5-12/h9,11H,1-8H2. The lowest BCUT2D eigenvalue weighted by atomic mass is 10.0. The maximum absolute atomic E-state index is 11.8. The van der Waals surface area contributed by atoms with E-state index < -0.39 is 0 Å². The maximum atomic E-state index is 11.8. The number of nitrogens with one attached hydrogen (secondary N) is 1. The van der Waals surface area contributed by atoms with Gasteiger partial charge in [-0.2, -0.15) is 0 Å². The second-order valence-corrected chi connectivity index (χ2v) is 4.05. The number of hydrogen-bond donors (Lipinski definition) is 1. The number of carbonyl (C=O) groups is 1. The number of Topliss-reactive ketones (excluding diaryl/α,β-unsaturated/α-hetero) is 1. The van der Waals surface area contributed by atoms with Crippen LogP contribution in [0.2, 0.25) is 0 Å². The van der Waals surface area contributed by atoms with Crippen molar-refractivity contribution in [2.45, 2.75) is 6.42 Å². The lowest BCUT2D eigenvalue weighted by Gasteiger charge is -2.27. The minimum Gasteiger partial charge on any atom is -0.381 e. The van der Waals surface area contributed by atoms with Gasteiger partial charge in [0.25, 0.3) is 0 Å². The largest absolute Gasteiger partial charge is 0.381 e. The summed E-state index contributed by atoms with van der Waals surface area (Å²) < 4.78 is 5.22. The number of nitrogens with zero attached hydrogens (tertiary/aromatic N) is 1. The van der Waals surface area contributed by atoms with Crippen LogP contribution in [0.1, 0.15) is 6.42 Å². The Balaban J connectivity index is 1.75. The zero-order chi connectivity index (χ0) is 9.80. The summed E-state index contributed by atoms with van der Waals surface area (Å²) in [6.07, 6.45) is 0.922. The number of piperazine rings is 1. The molecule has 0 radical (unpaired) electrons. The van der Waals surface area contributed by atoms with E-state index in [0.717, 1.165) is 39.2 Å². The third-order valence-corrected chi connectivity index (χ3v) is 2.97. The van der Waals surface area contributed by atoms with Gasteiger partial charge in [-0.1, -0.05) is 0 Å². The first-order chi connectivity index (χ1) is 6.86. The molecule has 0 spiro atoms. The van der Waals surface area contributed by atoms with E-state index in [0.29, 0.717) is 18.9 Å². The van der Waals surface area contributed by atoms with E-state index in [2.05, 4.69) is 10.2 Å². The highest BCUT2D eigenvalue weighted by atomic mass is 16.5. The predicted molar refractivity (Wildman–Crippen MR) is 53.2 cm³/mol. The summed E-state index contributed by atoms with van der Waals surface area (Å²) in [5.74, 6) is 0.536. The summed E-state index contributed by atoms with van der Waals surface area (Å²) >= 11 is 0. The van der Waals surface area contributed by atoms with E-state index in [-0.39, 0.29) is 5.92 Å². The highest BCUT2D eigenvalue weighted by Gasteiger charge is 2.25. The maximum Gasteiger partial charge on any atom is 0.152 e. The highest BCUT2D eigenvalue weighted by molar-refractivity contribution is 5.83. The van der Waals surface area contributed by atoms with Gasteiger partial charge in [-0.25, -0.2) is 0 Å². The smallest absolute Gasteiger partial charge is 0.152 e. The topological polar surface area (TPSA) is 41.6 Å². The summed E-state index contributed by atoms with van der Waals surface area (Å²) in [5.41, 5.74) is 0. The van der Waals surface area contributed by atoms with Crippen LogP contribution in [-0.2, 0) is 9.53 Å². The van der Waals surface area contributed by atoms with Crippen LogP contribution in [0.25, 0.3) is 0 Å². The summed E-state index contributed by atoms with van der Waals surface area (Å²) in [7, 11) is 0. The minimum atomic E-state index is 0.171. The molecule has 80 valence electrons. The molecule has 0 saturated carbocycles. The van der Waals surface area contributed by atoms with Gasteiger partial charge in [0.15, 0.2) is 5.78 Å². The summed E-state index contributed by atoms with van der Waals surface area (Å²) in [5, 5.41) is 3.28.